The van der Waals surface area contributed by atoms with Crippen molar-refractivity contribution in [2.75, 3.05) is 7.05 Å². The molecule has 4 nitrogen and oxygen atoms in total. The average Bonchev–Trinajstić information content (AvgIpc) is 2.35. The Morgan fingerprint density at radius 2 is 1.80 bits per heavy atom. The third-order valence-corrected chi connectivity index (χ3v) is 2.47. The average molecular weight is 274 g/mol. The Hall–Kier alpha value is -2.10. The number of nitrogens with one attached hydrogen (secondary N) is 1. The van der Waals surface area contributed by atoms with Crippen molar-refractivity contribution in [2.45, 2.75) is 33.3 Å². The summed E-state index contributed by atoms with van der Waals surface area (Å²) in [6.07, 6.45) is 0. The first kappa shape index (κ1) is 16.0. The molecule has 1 amide bonds. The molecule has 1 rings (SSSR count). The lowest BCUT2D eigenvalue weighted by molar-refractivity contribution is 0.0957. The molecule has 0 fully saturated rings. The van der Waals surface area contributed by atoms with Crippen LogP contribution in [-0.2, 0) is 4.74 Å². The van der Waals surface area contributed by atoms with E-state index in [0.717, 1.165) is 11.1 Å². The van der Waals surface area contributed by atoms with Crippen LogP contribution in [0.5, 0.6) is 0 Å². The minimum absolute atomic E-state index is 0.252. The summed E-state index contributed by atoms with van der Waals surface area (Å²) in [4.78, 5) is 16.0. The maximum Gasteiger partial charge on any atom is 0.269 e. The number of pyridine rings is 1. The lowest BCUT2D eigenvalue weighted by Gasteiger charge is -2.23. The van der Waals surface area contributed by atoms with E-state index in [1.54, 1.807) is 13.1 Å². The van der Waals surface area contributed by atoms with E-state index in [4.69, 9.17) is 4.74 Å². The van der Waals surface area contributed by atoms with Crippen molar-refractivity contribution in [1.29, 1.82) is 0 Å². The highest BCUT2D eigenvalue weighted by Gasteiger charge is 2.16. The van der Waals surface area contributed by atoms with E-state index in [1.165, 1.54) is 0 Å². The zero-order valence-corrected chi connectivity index (χ0v) is 12.8. The standard InChI is InChI=1S/C16H22N2O2/c1-10(2)13-8-12(11(3)20-16(4,5)6)9-14(18-13)15(19)17-7/h8-9H,1,3H2,2,4-7H3,(H,17,19). The van der Waals surface area contributed by atoms with Gasteiger partial charge in [0.05, 0.1) is 5.69 Å². The van der Waals surface area contributed by atoms with Crippen LogP contribution in [0.3, 0.4) is 0 Å². The Morgan fingerprint density at radius 3 is 2.25 bits per heavy atom. The van der Waals surface area contributed by atoms with Crippen LogP contribution in [0.25, 0.3) is 11.3 Å². The van der Waals surface area contributed by atoms with Gasteiger partial charge in [-0.3, -0.25) is 4.79 Å². The van der Waals surface area contributed by atoms with Gasteiger partial charge in [-0.1, -0.05) is 13.2 Å². The highest BCUT2D eigenvalue weighted by molar-refractivity contribution is 5.93. The summed E-state index contributed by atoms with van der Waals surface area (Å²) in [5.74, 6) is 0.255. The van der Waals surface area contributed by atoms with Gasteiger partial charge in [-0.15, -0.1) is 0 Å². The lowest BCUT2D eigenvalue weighted by atomic mass is 10.1. The first-order valence-corrected chi connectivity index (χ1v) is 6.42. The van der Waals surface area contributed by atoms with E-state index in [2.05, 4.69) is 23.5 Å². The van der Waals surface area contributed by atoms with Gasteiger partial charge in [0.25, 0.3) is 5.91 Å². The second-order valence-electron chi connectivity index (χ2n) is 5.62. The van der Waals surface area contributed by atoms with Gasteiger partial charge in [-0.05, 0) is 45.4 Å². The Kier molecular flexibility index (Phi) is 4.71. The van der Waals surface area contributed by atoms with Crippen molar-refractivity contribution < 1.29 is 9.53 Å². The summed E-state index contributed by atoms with van der Waals surface area (Å²) in [7, 11) is 1.57. The number of carbonyl (C=O) groups is 1. The SMILES string of the molecule is C=C(OC(C)(C)C)c1cc(C(=C)C)nc(C(=O)NC)c1. The van der Waals surface area contributed by atoms with Crippen molar-refractivity contribution in [2.24, 2.45) is 0 Å². The first-order chi connectivity index (χ1) is 9.14. The second kappa shape index (κ2) is 5.90. The lowest BCUT2D eigenvalue weighted by Crippen LogP contribution is -2.21. The van der Waals surface area contributed by atoms with Crippen LogP contribution in [0.4, 0.5) is 0 Å². The molecule has 1 aromatic heterocycles. The highest BCUT2D eigenvalue weighted by atomic mass is 16.5. The molecule has 0 spiro atoms. The van der Waals surface area contributed by atoms with Gasteiger partial charge in [0.2, 0.25) is 0 Å². The molecule has 0 aromatic carbocycles. The Labute approximate surface area is 120 Å². The highest BCUT2D eigenvalue weighted by Crippen LogP contribution is 2.24. The molecule has 0 saturated heterocycles. The molecule has 0 atom stereocenters. The second-order valence-corrected chi connectivity index (χ2v) is 5.62. The minimum Gasteiger partial charge on any atom is -0.488 e. The molecular weight excluding hydrogens is 252 g/mol. The fourth-order valence-electron chi connectivity index (χ4n) is 1.58. The van der Waals surface area contributed by atoms with Gasteiger partial charge in [-0.25, -0.2) is 4.98 Å². The molecule has 0 aliphatic carbocycles. The van der Waals surface area contributed by atoms with E-state index in [0.29, 0.717) is 17.1 Å². The number of nitrogens with zero attached hydrogens (tertiary/aromatic N) is 1. The summed E-state index contributed by atoms with van der Waals surface area (Å²) in [6.45, 7) is 15.5. The molecule has 0 saturated carbocycles. The minimum atomic E-state index is -0.350. The van der Waals surface area contributed by atoms with Gasteiger partial charge in [-0.2, -0.15) is 0 Å². The molecule has 20 heavy (non-hydrogen) atoms. The summed E-state index contributed by atoms with van der Waals surface area (Å²) >= 11 is 0. The maximum absolute atomic E-state index is 11.8. The van der Waals surface area contributed by atoms with Crippen LogP contribution in [0.15, 0.2) is 25.3 Å². The zero-order valence-electron chi connectivity index (χ0n) is 12.8. The molecule has 0 unspecified atom stereocenters. The predicted octanol–water partition coefficient (Wildman–Crippen LogP) is 3.26. The van der Waals surface area contributed by atoms with Crippen LogP contribution in [0, 0.1) is 0 Å². The molecule has 1 N–H and O–H groups in total. The molecule has 108 valence electrons. The number of hydrogen-bond donors (Lipinski definition) is 1. The van der Waals surface area contributed by atoms with Crippen molar-refractivity contribution in [1.82, 2.24) is 10.3 Å². The maximum atomic E-state index is 11.8. The van der Waals surface area contributed by atoms with Gasteiger partial charge < -0.3 is 10.1 Å². The molecule has 0 radical (unpaired) electrons. The van der Waals surface area contributed by atoms with Crippen LogP contribution < -0.4 is 5.32 Å². The molecule has 1 heterocycles. The quantitative estimate of drug-likeness (QED) is 0.857. The van der Waals surface area contributed by atoms with Crippen LogP contribution >= 0.6 is 0 Å². The fraction of sp³-hybridized carbons (Fsp3) is 0.375. The number of ether oxygens (including phenoxy) is 1. The number of amides is 1. The van der Waals surface area contributed by atoms with E-state index < -0.39 is 0 Å². The van der Waals surface area contributed by atoms with Gasteiger partial charge >= 0.3 is 0 Å². The Morgan fingerprint density at radius 1 is 1.25 bits per heavy atom. The topological polar surface area (TPSA) is 51.2 Å². The van der Waals surface area contributed by atoms with Crippen molar-refractivity contribution in [3.63, 3.8) is 0 Å². The Balaban J connectivity index is 3.25. The van der Waals surface area contributed by atoms with Crippen molar-refractivity contribution in [3.05, 3.63) is 42.2 Å². The van der Waals surface area contributed by atoms with E-state index in [1.807, 2.05) is 33.8 Å². The summed E-state index contributed by atoms with van der Waals surface area (Å²) in [5.41, 5.74) is 2.13. The van der Waals surface area contributed by atoms with Crippen molar-refractivity contribution >= 4 is 17.2 Å². The van der Waals surface area contributed by atoms with Gasteiger partial charge in [0.1, 0.15) is 17.1 Å². The normalized spacial score (nSPS) is 10.8. The monoisotopic (exact) mass is 274 g/mol. The number of rotatable bonds is 4. The van der Waals surface area contributed by atoms with Gasteiger partial charge in [0, 0.05) is 12.6 Å². The smallest absolute Gasteiger partial charge is 0.269 e. The molecule has 0 bridgehead atoms. The molecule has 4 heteroatoms. The first-order valence-electron chi connectivity index (χ1n) is 6.42. The van der Waals surface area contributed by atoms with Crippen LogP contribution in [0.2, 0.25) is 0 Å². The van der Waals surface area contributed by atoms with Crippen molar-refractivity contribution in [3.8, 4) is 0 Å². The Bertz CT molecular complexity index is 554. The van der Waals surface area contributed by atoms with Crippen LogP contribution in [-0.4, -0.2) is 23.5 Å². The zero-order chi connectivity index (χ0) is 15.5. The number of aromatic nitrogens is 1. The molecule has 0 aliphatic rings. The van der Waals surface area contributed by atoms with E-state index in [-0.39, 0.29) is 11.5 Å². The van der Waals surface area contributed by atoms with E-state index in [9.17, 15) is 4.79 Å². The largest absolute Gasteiger partial charge is 0.488 e. The molecule has 0 aliphatic heterocycles. The predicted molar refractivity (Wildman–Crippen MR) is 82.2 cm³/mol. The molecule has 1 aromatic rings. The fourth-order valence-corrected chi connectivity index (χ4v) is 1.58. The number of carbonyl (C=O) groups excluding carboxylic acids is 1. The molecular formula is C16H22N2O2. The summed E-state index contributed by atoms with van der Waals surface area (Å²) < 4.78 is 5.74. The summed E-state index contributed by atoms with van der Waals surface area (Å²) in [5, 5.41) is 2.56. The van der Waals surface area contributed by atoms with Crippen LogP contribution in [0.1, 0.15) is 49.4 Å². The summed E-state index contributed by atoms with van der Waals surface area (Å²) in [6, 6.07) is 3.49. The van der Waals surface area contributed by atoms with Gasteiger partial charge in [0.15, 0.2) is 0 Å². The number of allylic oxidation sites excluding steroid dienone is 1. The number of hydrogen-bond acceptors (Lipinski definition) is 3. The third-order valence-electron chi connectivity index (χ3n) is 2.47. The van der Waals surface area contributed by atoms with E-state index >= 15 is 0 Å². The third kappa shape index (κ3) is 4.23.